The molecule has 0 saturated heterocycles. The third-order valence-electron chi connectivity index (χ3n) is 3.86. The van der Waals surface area contributed by atoms with Crippen molar-refractivity contribution in [2.24, 2.45) is 5.73 Å². The lowest BCUT2D eigenvalue weighted by molar-refractivity contribution is -0.134. The normalized spacial score (nSPS) is 17.2. The van der Waals surface area contributed by atoms with E-state index in [1.165, 1.54) is 25.7 Å². The van der Waals surface area contributed by atoms with Crippen molar-refractivity contribution in [1.29, 1.82) is 0 Å². The molecule has 0 bridgehead atoms. The molecule has 1 aliphatic carbocycles. The van der Waals surface area contributed by atoms with E-state index in [9.17, 15) is 4.79 Å². The van der Waals surface area contributed by atoms with Gasteiger partial charge in [0, 0.05) is 31.1 Å². The number of carbonyl (C=O) groups is 1. The van der Waals surface area contributed by atoms with E-state index in [0.717, 1.165) is 19.5 Å². The van der Waals surface area contributed by atoms with E-state index in [-0.39, 0.29) is 11.4 Å². The van der Waals surface area contributed by atoms with E-state index in [1.54, 1.807) is 0 Å². The van der Waals surface area contributed by atoms with Gasteiger partial charge in [-0.2, -0.15) is 0 Å². The second kappa shape index (κ2) is 7.25. The van der Waals surface area contributed by atoms with Gasteiger partial charge in [0.15, 0.2) is 0 Å². The standard InChI is InChI=1S/C15H31N3O/c1-15(2,16)10-9-14(19)18(12-11-17(3)4)13-7-5-6-8-13/h13H,5-12,16H2,1-4H3. The number of likely N-dealkylation sites (N-methyl/N-ethyl adjacent to an activating group) is 1. The van der Waals surface area contributed by atoms with Crippen molar-refractivity contribution >= 4 is 5.91 Å². The molecule has 112 valence electrons. The fraction of sp³-hybridized carbons (Fsp3) is 0.933. The fourth-order valence-electron chi connectivity index (χ4n) is 2.61. The number of carbonyl (C=O) groups excluding carboxylic acids is 1. The molecule has 1 saturated carbocycles. The predicted molar refractivity (Wildman–Crippen MR) is 80.0 cm³/mol. The summed E-state index contributed by atoms with van der Waals surface area (Å²) >= 11 is 0. The van der Waals surface area contributed by atoms with Gasteiger partial charge in [-0.1, -0.05) is 12.8 Å². The third-order valence-corrected chi connectivity index (χ3v) is 3.86. The molecule has 1 rings (SSSR count). The van der Waals surface area contributed by atoms with E-state index in [2.05, 4.69) is 23.9 Å². The van der Waals surface area contributed by atoms with Gasteiger partial charge in [0.25, 0.3) is 0 Å². The molecule has 4 nitrogen and oxygen atoms in total. The molecule has 19 heavy (non-hydrogen) atoms. The first kappa shape index (κ1) is 16.4. The van der Waals surface area contributed by atoms with Gasteiger partial charge in [-0.05, 0) is 47.2 Å². The van der Waals surface area contributed by atoms with Crippen LogP contribution in [0.25, 0.3) is 0 Å². The molecule has 1 fully saturated rings. The highest BCUT2D eigenvalue weighted by atomic mass is 16.2. The largest absolute Gasteiger partial charge is 0.338 e. The van der Waals surface area contributed by atoms with E-state index < -0.39 is 0 Å². The second-order valence-electron chi connectivity index (χ2n) is 6.82. The van der Waals surface area contributed by atoms with E-state index in [4.69, 9.17) is 5.73 Å². The van der Waals surface area contributed by atoms with Gasteiger partial charge in [0.2, 0.25) is 5.91 Å². The summed E-state index contributed by atoms with van der Waals surface area (Å²) in [5, 5.41) is 0. The number of nitrogens with zero attached hydrogens (tertiary/aromatic N) is 2. The van der Waals surface area contributed by atoms with Gasteiger partial charge in [0.05, 0.1) is 0 Å². The molecule has 4 heteroatoms. The van der Waals surface area contributed by atoms with Crippen molar-refractivity contribution in [2.75, 3.05) is 27.2 Å². The predicted octanol–water partition coefficient (Wildman–Crippen LogP) is 1.84. The smallest absolute Gasteiger partial charge is 0.222 e. The summed E-state index contributed by atoms with van der Waals surface area (Å²) < 4.78 is 0. The maximum atomic E-state index is 12.4. The Balaban J connectivity index is 2.53. The number of amides is 1. The number of rotatable bonds is 7. The summed E-state index contributed by atoms with van der Waals surface area (Å²) in [5.74, 6) is 0.285. The summed E-state index contributed by atoms with van der Waals surface area (Å²) in [5.41, 5.74) is 5.73. The molecule has 0 aromatic rings. The number of hydrogen-bond acceptors (Lipinski definition) is 3. The Hall–Kier alpha value is -0.610. The van der Waals surface area contributed by atoms with Crippen LogP contribution in [0.2, 0.25) is 0 Å². The van der Waals surface area contributed by atoms with Crippen LogP contribution in [0, 0.1) is 0 Å². The average molecular weight is 269 g/mol. The number of hydrogen-bond donors (Lipinski definition) is 1. The van der Waals surface area contributed by atoms with Crippen molar-refractivity contribution in [3.63, 3.8) is 0 Å². The first-order valence-electron chi connectivity index (χ1n) is 7.53. The van der Waals surface area contributed by atoms with Gasteiger partial charge in [-0.3, -0.25) is 4.79 Å². The summed E-state index contributed by atoms with van der Waals surface area (Å²) in [4.78, 5) is 16.7. The van der Waals surface area contributed by atoms with Crippen LogP contribution in [-0.4, -0.2) is 54.5 Å². The molecular weight excluding hydrogens is 238 g/mol. The highest BCUT2D eigenvalue weighted by molar-refractivity contribution is 5.76. The highest BCUT2D eigenvalue weighted by Gasteiger charge is 2.27. The first-order chi connectivity index (χ1) is 8.79. The van der Waals surface area contributed by atoms with Crippen LogP contribution in [0.15, 0.2) is 0 Å². The number of nitrogens with two attached hydrogens (primary N) is 1. The quantitative estimate of drug-likeness (QED) is 0.767. The Labute approximate surface area is 118 Å². The molecule has 1 amide bonds. The van der Waals surface area contributed by atoms with Crippen LogP contribution in [0.5, 0.6) is 0 Å². The molecule has 0 spiro atoms. The van der Waals surface area contributed by atoms with Gasteiger partial charge >= 0.3 is 0 Å². The van der Waals surface area contributed by atoms with Gasteiger partial charge in [-0.25, -0.2) is 0 Å². The Morgan fingerprint density at radius 1 is 1.21 bits per heavy atom. The van der Waals surface area contributed by atoms with Crippen LogP contribution in [0.3, 0.4) is 0 Å². The average Bonchev–Trinajstić information content (AvgIpc) is 2.79. The lowest BCUT2D eigenvalue weighted by Crippen LogP contribution is -2.43. The summed E-state index contributed by atoms with van der Waals surface area (Å²) in [6.45, 7) is 5.76. The minimum absolute atomic E-state index is 0.251. The van der Waals surface area contributed by atoms with Crippen LogP contribution in [0.1, 0.15) is 52.4 Å². The molecule has 2 N–H and O–H groups in total. The van der Waals surface area contributed by atoms with E-state index in [1.807, 2.05) is 13.8 Å². The van der Waals surface area contributed by atoms with E-state index in [0.29, 0.717) is 12.5 Å². The minimum atomic E-state index is -0.251. The maximum Gasteiger partial charge on any atom is 0.222 e. The van der Waals surface area contributed by atoms with Crippen LogP contribution in [0.4, 0.5) is 0 Å². The highest BCUT2D eigenvalue weighted by Crippen LogP contribution is 2.24. The minimum Gasteiger partial charge on any atom is -0.338 e. The third kappa shape index (κ3) is 6.39. The molecule has 0 heterocycles. The van der Waals surface area contributed by atoms with Gasteiger partial charge in [-0.15, -0.1) is 0 Å². The lowest BCUT2D eigenvalue weighted by atomic mass is 9.99. The second-order valence-corrected chi connectivity index (χ2v) is 6.82. The Morgan fingerprint density at radius 3 is 2.26 bits per heavy atom. The Morgan fingerprint density at radius 2 is 1.79 bits per heavy atom. The molecule has 0 radical (unpaired) electrons. The zero-order valence-electron chi connectivity index (χ0n) is 13.1. The van der Waals surface area contributed by atoms with Crippen LogP contribution in [-0.2, 0) is 4.79 Å². The molecule has 0 aromatic carbocycles. The van der Waals surface area contributed by atoms with Crippen molar-refractivity contribution in [3.05, 3.63) is 0 Å². The molecule has 0 atom stereocenters. The Bertz CT molecular complexity index is 278. The van der Waals surface area contributed by atoms with Gasteiger partial charge < -0.3 is 15.5 Å². The van der Waals surface area contributed by atoms with Crippen molar-refractivity contribution in [1.82, 2.24) is 9.80 Å². The first-order valence-corrected chi connectivity index (χ1v) is 7.53. The maximum absolute atomic E-state index is 12.4. The molecule has 0 aromatic heterocycles. The molecule has 0 unspecified atom stereocenters. The molecular formula is C15H31N3O. The summed E-state index contributed by atoms with van der Waals surface area (Å²) in [6, 6.07) is 0.466. The fourth-order valence-corrected chi connectivity index (χ4v) is 2.61. The SMILES string of the molecule is CN(C)CCN(C(=O)CCC(C)(C)N)C1CCCC1. The summed E-state index contributed by atoms with van der Waals surface area (Å²) in [6.07, 6.45) is 6.21. The lowest BCUT2D eigenvalue weighted by Gasteiger charge is -2.31. The molecule has 1 aliphatic rings. The van der Waals surface area contributed by atoms with Crippen LogP contribution >= 0.6 is 0 Å². The van der Waals surface area contributed by atoms with Gasteiger partial charge in [0.1, 0.15) is 0 Å². The zero-order chi connectivity index (χ0) is 14.5. The Kier molecular flexibility index (Phi) is 6.27. The molecule has 0 aliphatic heterocycles. The monoisotopic (exact) mass is 269 g/mol. The topological polar surface area (TPSA) is 49.6 Å². The van der Waals surface area contributed by atoms with Crippen molar-refractivity contribution in [3.8, 4) is 0 Å². The van der Waals surface area contributed by atoms with Crippen molar-refractivity contribution < 1.29 is 4.79 Å². The van der Waals surface area contributed by atoms with E-state index >= 15 is 0 Å². The van der Waals surface area contributed by atoms with Crippen molar-refractivity contribution in [2.45, 2.75) is 64.0 Å². The summed E-state index contributed by atoms with van der Waals surface area (Å²) in [7, 11) is 4.11. The van der Waals surface area contributed by atoms with Crippen LogP contribution < -0.4 is 5.73 Å². The zero-order valence-corrected chi connectivity index (χ0v) is 13.1.